The first kappa shape index (κ1) is 14.3. The number of benzene rings is 1. The van der Waals surface area contributed by atoms with Crippen LogP contribution in [0.15, 0.2) is 22.7 Å². The van der Waals surface area contributed by atoms with Crippen LogP contribution in [0.1, 0.15) is 32.7 Å². The van der Waals surface area contributed by atoms with E-state index in [2.05, 4.69) is 10.1 Å². The third-order valence-corrected chi connectivity index (χ3v) is 3.56. The number of hydrogen-bond donors (Lipinski definition) is 1. The van der Waals surface area contributed by atoms with Crippen molar-refractivity contribution in [3.63, 3.8) is 0 Å². The zero-order valence-electron chi connectivity index (χ0n) is 10.9. The number of nitrogens with two attached hydrogens (primary N) is 1. The van der Waals surface area contributed by atoms with Gasteiger partial charge in [0.15, 0.2) is 0 Å². The van der Waals surface area contributed by atoms with E-state index >= 15 is 0 Å². The molecule has 0 aliphatic heterocycles. The van der Waals surface area contributed by atoms with Gasteiger partial charge in [0.1, 0.15) is 0 Å². The molecule has 1 unspecified atom stereocenters. The monoisotopic (exact) mass is 299 g/mol. The summed E-state index contributed by atoms with van der Waals surface area (Å²) in [5.74, 6) is 0.863. The minimum atomic E-state index is -0.323. The molecule has 1 aromatic carbocycles. The van der Waals surface area contributed by atoms with Gasteiger partial charge in [0, 0.05) is 5.56 Å². The lowest BCUT2D eigenvalue weighted by Gasteiger charge is -2.23. The second-order valence-electron chi connectivity index (χ2n) is 5.43. The molecule has 0 amide bonds. The van der Waals surface area contributed by atoms with Crippen molar-refractivity contribution in [3.8, 4) is 11.4 Å². The molecule has 0 spiro atoms. The zero-order chi connectivity index (χ0) is 14.2. The van der Waals surface area contributed by atoms with Gasteiger partial charge in [-0.15, -0.1) is 0 Å². The van der Waals surface area contributed by atoms with Crippen molar-refractivity contribution in [1.29, 1.82) is 0 Å². The fourth-order valence-corrected chi connectivity index (χ4v) is 1.78. The summed E-state index contributed by atoms with van der Waals surface area (Å²) in [6, 6.07) is 4.85. The normalized spacial score (nSPS) is 13.6. The van der Waals surface area contributed by atoms with Gasteiger partial charge >= 0.3 is 0 Å². The van der Waals surface area contributed by atoms with Crippen molar-refractivity contribution in [3.05, 3.63) is 34.1 Å². The Morgan fingerprint density at radius 2 is 1.89 bits per heavy atom. The van der Waals surface area contributed by atoms with E-state index in [0.717, 1.165) is 5.56 Å². The predicted octanol–water partition coefficient (Wildman–Crippen LogP) is 4.09. The summed E-state index contributed by atoms with van der Waals surface area (Å²) >= 11 is 11.8. The highest BCUT2D eigenvalue weighted by Gasteiger charge is 2.27. The van der Waals surface area contributed by atoms with Crippen LogP contribution in [-0.2, 0) is 0 Å². The molecule has 0 fully saturated rings. The summed E-state index contributed by atoms with van der Waals surface area (Å²) in [6.45, 7) is 6.04. The minimum absolute atomic E-state index is 0.151. The third kappa shape index (κ3) is 3.08. The third-order valence-electron chi connectivity index (χ3n) is 2.82. The molecule has 0 bridgehead atoms. The Bertz CT molecular complexity index is 590. The van der Waals surface area contributed by atoms with Crippen molar-refractivity contribution < 1.29 is 4.52 Å². The molecule has 1 heterocycles. The molecular formula is C13H15Cl2N3O. The van der Waals surface area contributed by atoms with Crippen LogP contribution in [0.25, 0.3) is 11.4 Å². The van der Waals surface area contributed by atoms with Gasteiger partial charge in [0.25, 0.3) is 0 Å². The van der Waals surface area contributed by atoms with Gasteiger partial charge in [-0.2, -0.15) is 4.98 Å². The standard InChI is InChI=1S/C13H15Cl2N3O/c1-13(2,3)10(16)12-17-11(18-19-12)7-4-5-8(14)9(15)6-7/h4-6,10H,16H2,1-3H3. The highest BCUT2D eigenvalue weighted by molar-refractivity contribution is 6.42. The minimum Gasteiger partial charge on any atom is -0.337 e. The van der Waals surface area contributed by atoms with Crippen molar-refractivity contribution in [2.24, 2.45) is 11.1 Å². The maximum Gasteiger partial charge on any atom is 0.244 e. The summed E-state index contributed by atoms with van der Waals surface area (Å²) in [6.07, 6.45) is 0. The predicted molar refractivity (Wildman–Crippen MR) is 76.1 cm³/mol. The molecule has 0 saturated heterocycles. The van der Waals surface area contributed by atoms with Crippen LogP contribution >= 0.6 is 23.2 Å². The van der Waals surface area contributed by atoms with E-state index in [1.54, 1.807) is 18.2 Å². The highest BCUT2D eigenvalue weighted by atomic mass is 35.5. The average Bonchev–Trinajstić information content (AvgIpc) is 2.79. The van der Waals surface area contributed by atoms with E-state index in [0.29, 0.717) is 21.8 Å². The van der Waals surface area contributed by atoms with Gasteiger partial charge < -0.3 is 10.3 Å². The lowest BCUT2D eigenvalue weighted by atomic mass is 9.87. The fourth-order valence-electron chi connectivity index (χ4n) is 1.48. The maximum absolute atomic E-state index is 6.07. The van der Waals surface area contributed by atoms with Crippen LogP contribution in [0, 0.1) is 5.41 Å². The zero-order valence-corrected chi connectivity index (χ0v) is 12.5. The quantitative estimate of drug-likeness (QED) is 0.907. The van der Waals surface area contributed by atoms with E-state index in [1.165, 1.54) is 0 Å². The van der Waals surface area contributed by atoms with E-state index in [1.807, 2.05) is 20.8 Å². The molecule has 2 aromatic rings. The SMILES string of the molecule is CC(C)(C)C(N)c1nc(-c2ccc(Cl)c(Cl)c2)no1. The van der Waals surface area contributed by atoms with Gasteiger partial charge in [-0.05, 0) is 23.6 Å². The van der Waals surface area contributed by atoms with E-state index in [-0.39, 0.29) is 11.5 Å². The molecule has 2 rings (SSSR count). The molecule has 0 aliphatic rings. The number of nitrogens with zero attached hydrogens (tertiary/aromatic N) is 2. The van der Waals surface area contributed by atoms with E-state index < -0.39 is 0 Å². The van der Waals surface area contributed by atoms with Crippen LogP contribution in [0.4, 0.5) is 0 Å². The van der Waals surface area contributed by atoms with E-state index in [4.69, 9.17) is 33.5 Å². The first-order chi connectivity index (χ1) is 8.79. The summed E-state index contributed by atoms with van der Waals surface area (Å²) < 4.78 is 5.22. The van der Waals surface area contributed by atoms with Crippen LogP contribution in [-0.4, -0.2) is 10.1 Å². The van der Waals surface area contributed by atoms with Crippen molar-refractivity contribution in [1.82, 2.24) is 10.1 Å². The van der Waals surface area contributed by atoms with Crippen LogP contribution < -0.4 is 5.73 Å². The summed E-state index contributed by atoms with van der Waals surface area (Å²) in [5.41, 5.74) is 6.66. The Morgan fingerprint density at radius 3 is 2.47 bits per heavy atom. The molecule has 1 atom stereocenters. The van der Waals surface area contributed by atoms with Gasteiger partial charge in [0.05, 0.1) is 16.1 Å². The molecular weight excluding hydrogens is 285 g/mol. The molecule has 1 aromatic heterocycles. The number of hydrogen-bond acceptors (Lipinski definition) is 4. The molecule has 102 valence electrons. The Labute approximate surface area is 121 Å². The number of aromatic nitrogens is 2. The summed E-state index contributed by atoms with van der Waals surface area (Å²) in [5, 5.41) is 4.86. The summed E-state index contributed by atoms with van der Waals surface area (Å²) in [7, 11) is 0. The van der Waals surface area contributed by atoms with Crippen LogP contribution in [0.5, 0.6) is 0 Å². The summed E-state index contributed by atoms with van der Waals surface area (Å²) in [4.78, 5) is 4.31. The topological polar surface area (TPSA) is 64.9 Å². The molecule has 0 radical (unpaired) electrons. The second-order valence-corrected chi connectivity index (χ2v) is 6.24. The van der Waals surface area contributed by atoms with Gasteiger partial charge in [-0.3, -0.25) is 0 Å². The Hall–Kier alpha value is -1.10. The molecule has 6 heteroatoms. The largest absolute Gasteiger partial charge is 0.337 e. The maximum atomic E-state index is 6.07. The first-order valence-electron chi connectivity index (χ1n) is 5.83. The van der Waals surface area contributed by atoms with Crippen molar-refractivity contribution in [2.45, 2.75) is 26.8 Å². The number of halogens is 2. The van der Waals surface area contributed by atoms with Gasteiger partial charge in [0.2, 0.25) is 11.7 Å². The van der Waals surface area contributed by atoms with Crippen molar-refractivity contribution in [2.75, 3.05) is 0 Å². The van der Waals surface area contributed by atoms with Crippen molar-refractivity contribution >= 4 is 23.2 Å². The highest BCUT2D eigenvalue weighted by Crippen LogP contribution is 2.31. The molecule has 0 saturated carbocycles. The smallest absolute Gasteiger partial charge is 0.244 e. The Kier molecular flexibility index (Phi) is 3.85. The molecule has 4 nitrogen and oxygen atoms in total. The van der Waals surface area contributed by atoms with Crippen LogP contribution in [0.3, 0.4) is 0 Å². The number of rotatable bonds is 2. The Morgan fingerprint density at radius 1 is 1.21 bits per heavy atom. The van der Waals surface area contributed by atoms with Crippen LogP contribution in [0.2, 0.25) is 10.0 Å². The molecule has 2 N–H and O–H groups in total. The van der Waals surface area contributed by atoms with Gasteiger partial charge in [-0.25, -0.2) is 0 Å². The lowest BCUT2D eigenvalue weighted by Crippen LogP contribution is -2.26. The molecule has 19 heavy (non-hydrogen) atoms. The van der Waals surface area contributed by atoms with Gasteiger partial charge in [-0.1, -0.05) is 49.1 Å². The Balaban J connectivity index is 2.33. The van der Waals surface area contributed by atoms with E-state index in [9.17, 15) is 0 Å². The average molecular weight is 300 g/mol. The fraction of sp³-hybridized carbons (Fsp3) is 0.385. The lowest BCUT2D eigenvalue weighted by molar-refractivity contribution is 0.253. The first-order valence-corrected chi connectivity index (χ1v) is 6.59. The second kappa shape index (κ2) is 5.12. The molecule has 0 aliphatic carbocycles.